The zero-order chi connectivity index (χ0) is 14.6. The predicted molar refractivity (Wildman–Crippen MR) is 76.9 cm³/mol. The molecule has 0 aliphatic carbocycles. The van der Waals surface area contributed by atoms with Gasteiger partial charge in [0.25, 0.3) is 0 Å². The summed E-state index contributed by atoms with van der Waals surface area (Å²) in [7, 11) is -3.65. The highest BCUT2D eigenvalue weighted by atomic mass is 35.5. The Bertz CT molecular complexity index is 523. The van der Waals surface area contributed by atoms with Crippen molar-refractivity contribution in [1.29, 1.82) is 0 Å². The van der Waals surface area contributed by atoms with Gasteiger partial charge < -0.3 is 10.5 Å². The van der Waals surface area contributed by atoms with Crippen LogP contribution in [0.3, 0.4) is 0 Å². The van der Waals surface area contributed by atoms with Crippen molar-refractivity contribution in [3.8, 4) is 0 Å². The molecule has 0 amide bonds. The van der Waals surface area contributed by atoms with Crippen molar-refractivity contribution in [2.75, 3.05) is 18.9 Å². The molecule has 108 valence electrons. The Morgan fingerprint density at radius 3 is 2.63 bits per heavy atom. The monoisotopic (exact) mass is 306 g/mol. The van der Waals surface area contributed by atoms with Gasteiger partial charge in [0, 0.05) is 23.4 Å². The van der Waals surface area contributed by atoms with E-state index in [0.717, 1.165) is 0 Å². The highest BCUT2D eigenvalue weighted by Gasteiger charge is 2.19. The van der Waals surface area contributed by atoms with Gasteiger partial charge in [0.2, 0.25) is 10.0 Å². The quantitative estimate of drug-likeness (QED) is 0.787. The molecule has 0 saturated heterocycles. The molecule has 0 spiro atoms. The van der Waals surface area contributed by atoms with Crippen molar-refractivity contribution >= 4 is 27.3 Å². The van der Waals surface area contributed by atoms with Crippen molar-refractivity contribution in [1.82, 2.24) is 4.72 Å². The smallest absolute Gasteiger partial charge is 0.241 e. The van der Waals surface area contributed by atoms with E-state index in [-0.39, 0.29) is 10.9 Å². The van der Waals surface area contributed by atoms with E-state index in [0.29, 0.717) is 29.5 Å². The summed E-state index contributed by atoms with van der Waals surface area (Å²) >= 11 is 5.95. The SMILES string of the molecule is CCOCC(C)NS(=O)(=O)c1cc(N)c(C)c(Cl)c1. The number of anilines is 1. The van der Waals surface area contributed by atoms with E-state index in [1.165, 1.54) is 12.1 Å². The first-order chi connectivity index (χ1) is 8.77. The number of halogens is 1. The number of rotatable bonds is 6. The van der Waals surface area contributed by atoms with E-state index in [4.69, 9.17) is 22.1 Å². The fraction of sp³-hybridized carbons (Fsp3) is 0.500. The summed E-state index contributed by atoms with van der Waals surface area (Å²) in [6.45, 7) is 6.16. The molecule has 0 radical (unpaired) electrons. The summed E-state index contributed by atoms with van der Waals surface area (Å²) in [6.07, 6.45) is 0. The van der Waals surface area contributed by atoms with Crippen LogP contribution in [0.5, 0.6) is 0 Å². The van der Waals surface area contributed by atoms with Gasteiger partial charge in [0.05, 0.1) is 11.5 Å². The third-order valence-electron chi connectivity index (χ3n) is 2.60. The van der Waals surface area contributed by atoms with Gasteiger partial charge >= 0.3 is 0 Å². The minimum absolute atomic E-state index is 0.0592. The zero-order valence-electron chi connectivity index (χ0n) is 11.2. The highest BCUT2D eigenvalue weighted by Crippen LogP contribution is 2.25. The van der Waals surface area contributed by atoms with Crippen molar-refractivity contribution in [3.05, 3.63) is 22.7 Å². The second-order valence-corrected chi connectivity index (χ2v) is 6.42. The van der Waals surface area contributed by atoms with E-state index in [1.807, 2.05) is 6.92 Å². The largest absolute Gasteiger partial charge is 0.398 e. The van der Waals surface area contributed by atoms with Crippen molar-refractivity contribution in [2.24, 2.45) is 0 Å². The summed E-state index contributed by atoms with van der Waals surface area (Å²) in [6, 6.07) is 2.46. The molecule has 3 N–H and O–H groups in total. The number of nitrogens with two attached hydrogens (primary N) is 1. The van der Waals surface area contributed by atoms with Gasteiger partial charge in [0.1, 0.15) is 0 Å². The summed E-state index contributed by atoms with van der Waals surface area (Å²) < 4.78 is 32.0. The Balaban J connectivity index is 2.95. The third-order valence-corrected chi connectivity index (χ3v) is 4.56. The normalized spacial score (nSPS) is 13.5. The molecule has 0 aromatic heterocycles. The van der Waals surface area contributed by atoms with Crippen LogP contribution in [-0.2, 0) is 14.8 Å². The fourth-order valence-electron chi connectivity index (χ4n) is 1.49. The van der Waals surface area contributed by atoms with Crippen LogP contribution in [0.4, 0.5) is 5.69 Å². The van der Waals surface area contributed by atoms with Gasteiger partial charge in [-0.1, -0.05) is 11.6 Å². The fourth-order valence-corrected chi connectivity index (χ4v) is 3.07. The van der Waals surface area contributed by atoms with Crippen LogP contribution in [0.2, 0.25) is 5.02 Å². The second-order valence-electron chi connectivity index (χ2n) is 4.30. The van der Waals surface area contributed by atoms with E-state index in [2.05, 4.69) is 4.72 Å². The van der Waals surface area contributed by atoms with Crippen LogP contribution in [0.25, 0.3) is 0 Å². The van der Waals surface area contributed by atoms with E-state index >= 15 is 0 Å². The zero-order valence-corrected chi connectivity index (χ0v) is 12.8. The predicted octanol–water partition coefficient (Wildman–Crippen LogP) is 1.93. The molecule has 0 bridgehead atoms. The van der Waals surface area contributed by atoms with E-state index in [1.54, 1.807) is 13.8 Å². The molecule has 5 nitrogen and oxygen atoms in total. The summed E-state index contributed by atoms with van der Waals surface area (Å²) in [5.74, 6) is 0. The maximum absolute atomic E-state index is 12.1. The van der Waals surface area contributed by atoms with Gasteiger partial charge in [-0.15, -0.1) is 0 Å². The summed E-state index contributed by atoms with van der Waals surface area (Å²) in [5, 5.41) is 0.331. The lowest BCUT2D eigenvalue weighted by Crippen LogP contribution is -2.36. The standard InChI is InChI=1S/C12H19ClN2O3S/c1-4-18-7-8(2)15-19(16,17)10-5-11(13)9(3)12(14)6-10/h5-6,8,15H,4,7,14H2,1-3H3. The molecule has 1 aromatic rings. The molecule has 7 heteroatoms. The minimum atomic E-state index is -3.65. The molecule has 0 aliphatic rings. The van der Waals surface area contributed by atoms with Crippen LogP contribution in [0.1, 0.15) is 19.4 Å². The molecular formula is C12H19ClN2O3S. The Morgan fingerprint density at radius 1 is 1.47 bits per heavy atom. The lowest BCUT2D eigenvalue weighted by molar-refractivity contribution is 0.133. The minimum Gasteiger partial charge on any atom is -0.398 e. The van der Waals surface area contributed by atoms with Gasteiger partial charge in [-0.2, -0.15) is 0 Å². The Labute approximate surface area is 119 Å². The number of ether oxygens (including phenoxy) is 1. The van der Waals surface area contributed by atoms with Gasteiger partial charge in [-0.25, -0.2) is 13.1 Å². The van der Waals surface area contributed by atoms with Crippen LogP contribution < -0.4 is 10.5 Å². The Morgan fingerprint density at radius 2 is 2.11 bits per heavy atom. The molecule has 1 rings (SSSR count). The first kappa shape index (κ1) is 16.2. The number of nitrogen functional groups attached to an aromatic ring is 1. The second kappa shape index (κ2) is 6.56. The average molecular weight is 307 g/mol. The summed E-state index contributed by atoms with van der Waals surface area (Å²) in [4.78, 5) is 0.0592. The number of benzene rings is 1. The summed E-state index contributed by atoms with van der Waals surface area (Å²) in [5.41, 5.74) is 6.75. The van der Waals surface area contributed by atoms with Gasteiger partial charge in [-0.05, 0) is 38.5 Å². The molecule has 1 aromatic carbocycles. The van der Waals surface area contributed by atoms with E-state index < -0.39 is 10.0 Å². The Hall–Kier alpha value is -0.820. The van der Waals surface area contributed by atoms with Gasteiger partial charge in [-0.3, -0.25) is 0 Å². The first-order valence-electron chi connectivity index (χ1n) is 5.93. The molecule has 1 unspecified atom stereocenters. The molecule has 0 fully saturated rings. The highest BCUT2D eigenvalue weighted by molar-refractivity contribution is 7.89. The van der Waals surface area contributed by atoms with Crippen LogP contribution in [0, 0.1) is 6.92 Å². The lowest BCUT2D eigenvalue weighted by Gasteiger charge is -2.15. The van der Waals surface area contributed by atoms with Gasteiger partial charge in [0.15, 0.2) is 0 Å². The van der Waals surface area contributed by atoms with Crippen LogP contribution in [0.15, 0.2) is 17.0 Å². The van der Waals surface area contributed by atoms with Crippen molar-refractivity contribution in [3.63, 3.8) is 0 Å². The average Bonchev–Trinajstić information content (AvgIpc) is 2.32. The van der Waals surface area contributed by atoms with E-state index in [9.17, 15) is 8.42 Å². The maximum atomic E-state index is 12.1. The number of sulfonamides is 1. The van der Waals surface area contributed by atoms with Crippen LogP contribution >= 0.6 is 11.6 Å². The van der Waals surface area contributed by atoms with Crippen molar-refractivity contribution < 1.29 is 13.2 Å². The number of hydrogen-bond acceptors (Lipinski definition) is 4. The van der Waals surface area contributed by atoms with Crippen LogP contribution in [-0.4, -0.2) is 27.7 Å². The molecule has 19 heavy (non-hydrogen) atoms. The third kappa shape index (κ3) is 4.35. The maximum Gasteiger partial charge on any atom is 0.241 e. The number of hydrogen-bond donors (Lipinski definition) is 2. The molecule has 0 aliphatic heterocycles. The topological polar surface area (TPSA) is 81.4 Å². The first-order valence-corrected chi connectivity index (χ1v) is 7.79. The van der Waals surface area contributed by atoms with Crippen molar-refractivity contribution in [2.45, 2.75) is 31.7 Å². The number of nitrogens with one attached hydrogen (secondary N) is 1. The lowest BCUT2D eigenvalue weighted by atomic mass is 10.2. The molecule has 0 saturated carbocycles. The molecular weight excluding hydrogens is 288 g/mol. The Kier molecular flexibility index (Phi) is 5.61. The molecule has 0 heterocycles. The molecule has 1 atom stereocenters.